The maximum Gasteiger partial charge on any atom is 0.302 e. The van der Waals surface area contributed by atoms with Gasteiger partial charge in [-0.05, 0) is 62.2 Å². The van der Waals surface area contributed by atoms with Crippen molar-refractivity contribution >= 4 is 44.1 Å². The molecule has 1 atom stereocenters. The molecule has 0 spiro atoms. The molecule has 178 valence electrons. The molecule has 1 amide bonds. The first-order valence-electron chi connectivity index (χ1n) is 11.3. The van der Waals surface area contributed by atoms with Gasteiger partial charge in [0.15, 0.2) is 5.13 Å². The van der Waals surface area contributed by atoms with Gasteiger partial charge in [0, 0.05) is 5.56 Å². The number of rotatable bonds is 6. The molecule has 7 nitrogen and oxygen atoms in total. The van der Waals surface area contributed by atoms with Gasteiger partial charge in [0.2, 0.25) is 0 Å². The van der Waals surface area contributed by atoms with E-state index in [-0.39, 0.29) is 11.3 Å². The second-order valence-electron chi connectivity index (χ2n) is 8.46. The Kier molecular flexibility index (Phi) is 5.90. The summed E-state index contributed by atoms with van der Waals surface area (Å²) >= 11 is 1.32. The molecule has 1 unspecified atom stereocenters. The van der Waals surface area contributed by atoms with E-state index in [0.717, 1.165) is 22.2 Å². The Morgan fingerprint density at radius 3 is 2.71 bits per heavy atom. The van der Waals surface area contributed by atoms with E-state index in [9.17, 15) is 14.7 Å². The summed E-state index contributed by atoms with van der Waals surface area (Å²) in [4.78, 5) is 32.6. The fourth-order valence-electron chi connectivity index (χ4n) is 4.13. The summed E-state index contributed by atoms with van der Waals surface area (Å²) in [6.07, 6.45) is 0.834. The highest BCUT2D eigenvalue weighted by Crippen LogP contribution is 2.44. The molecule has 0 saturated carbocycles. The SMILES string of the molecule is CCCOc1cccc(/C(O)=C2\C(=O)C(=O)N(c3nc4ccc(C)cc4s3)C2c2ccc(C)o2)c1. The number of carbonyl (C=O) groups excluding carboxylic acids is 2. The average Bonchev–Trinajstić information content (AvgIpc) is 3.53. The molecule has 3 heterocycles. The second-order valence-corrected chi connectivity index (χ2v) is 9.47. The van der Waals surface area contributed by atoms with Gasteiger partial charge in [0.25, 0.3) is 5.78 Å². The van der Waals surface area contributed by atoms with Crippen molar-refractivity contribution in [3.05, 3.63) is 82.8 Å². The quantitative estimate of drug-likeness (QED) is 0.206. The molecular formula is C27H24N2O5S. The number of fused-ring (bicyclic) bond motifs is 1. The lowest BCUT2D eigenvalue weighted by molar-refractivity contribution is -0.132. The molecule has 2 aromatic heterocycles. The third-order valence-corrected chi connectivity index (χ3v) is 6.81. The fraction of sp³-hybridized carbons (Fsp3) is 0.222. The van der Waals surface area contributed by atoms with Crippen LogP contribution in [0.4, 0.5) is 5.13 Å². The van der Waals surface area contributed by atoms with Crippen molar-refractivity contribution in [1.29, 1.82) is 0 Å². The highest BCUT2D eigenvalue weighted by atomic mass is 32.1. The maximum atomic E-state index is 13.3. The van der Waals surface area contributed by atoms with Gasteiger partial charge in [0.1, 0.15) is 29.1 Å². The molecule has 2 aromatic carbocycles. The highest BCUT2D eigenvalue weighted by Gasteiger charge is 2.49. The number of aliphatic hydroxyl groups is 1. The first-order valence-corrected chi connectivity index (χ1v) is 12.2. The van der Waals surface area contributed by atoms with Crippen LogP contribution in [0.15, 0.2) is 64.6 Å². The van der Waals surface area contributed by atoms with Gasteiger partial charge < -0.3 is 14.3 Å². The van der Waals surface area contributed by atoms with E-state index in [4.69, 9.17) is 9.15 Å². The van der Waals surface area contributed by atoms with Gasteiger partial charge in [-0.1, -0.05) is 36.5 Å². The number of aromatic nitrogens is 1. The van der Waals surface area contributed by atoms with Crippen LogP contribution >= 0.6 is 11.3 Å². The largest absolute Gasteiger partial charge is 0.507 e. The van der Waals surface area contributed by atoms with Crippen LogP contribution in [0, 0.1) is 13.8 Å². The van der Waals surface area contributed by atoms with Crippen molar-refractivity contribution in [3.63, 3.8) is 0 Å². The van der Waals surface area contributed by atoms with E-state index in [2.05, 4.69) is 4.98 Å². The number of ether oxygens (including phenoxy) is 1. The molecule has 1 saturated heterocycles. The second kappa shape index (κ2) is 9.03. The predicted octanol–water partition coefficient (Wildman–Crippen LogP) is 5.92. The standard InChI is InChI=1S/C27H24N2O5S/c1-4-12-33-18-7-5-6-17(14-18)24(30)22-23(20-11-9-16(3)34-20)29(26(32)25(22)31)27-28-19-10-8-15(2)13-21(19)35-27/h5-11,13-14,23,30H,4,12H2,1-3H3/b24-22+. The number of amides is 1. The maximum absolute atomic E-state index is 13.3. The van der Waals surface area contributed by atoms with Crippen LogP contribution in [0.1, 0.15) is 42.0 Å². The monoisotopic (exact) mass is 488 g/mol. The Morgan fingerprint density at radius 1 is 1.14 bits per heavy atom. The number of carbonyl (C=O) groups is 2. The molecule has 1 fully saturated rings. The number of thiazole rings is 1. The van der Waals surface area contributed by atoms with Crippen LogP contribution in [0.25, 0.3) is 16.0 Å². The van der Waals surface area contributed by atoms with E-state index < -0.39 is 17.7 Å². The lowest BCUT2D eigenvalue weighted by Crippen LogP contribution is -2.29. The summed E-state index contributed by atoms with van der Waals surface area (Å²) in [5.74, 6) is -0.282. The molecule has 4 aromatic rings. The van der Waals surface area contributed by atoms with Crippen molar-refractivity contribution in [2.45, 2.75) is 33.2 Å². The Morgan fingerprint density at radius 2 is 1.97 bits per heavy atom. The molecule has 0 aliphatic carbocycles. The van der Waals surface area contributed by atoms with Crippen molar-refractivity contribution in [2.75, 3.05) is 11.5 Å². The third-order valence-electron chi connectivity index (χ3n) is 5.79. The summed E-state index contributed by atoms with van der Waals surface area (Å²) in [5.41, 5.74) is 2.13. The zero-order chi connectivity index (χ0) is 24.7. The predicted molar refractivity (Wildman–Crippen MR) is 135 cm³/mol. The van der Waals surface area contributed by atoms with Crippen LogP contribution in [0.2, 0.25) is 0 Å². The minimum Gasteiger partial charge on any atom is -0.507 e. The molecular weight excluding hydrogens is 464 g/mol. The third kappa shape index (κ3) is 4.10. The summed E-state index contributed by atoms with van der Waals surface area (Å²) in [6, 6.07) is 15.2. The number of aliphatic hydroxyl groups excluding tert-OH is 1. The smallest absolute Gasteiger partial charge is 0.302 e. The number of ketones is 1. The van der Waals surface area contributed by atoms with Crippen molar-refractivity contribution in [2.24, 2.45) is 0 Å². The van der Waals surface area contributed by atoms with E-state index in [1.165, 1.54) is 16.2 Å². The van der Waals surface area contributed by atoms with Gasteiger partial charge in [-0.25, -0.2) is 4.98 Å². The van der Waals surface area contributed by atoms with E-state index in [0.29, 0.717) is 34.6 Å². The molecule has 0 bridgehead atoms. The average molecular weight is 489 g/mol. The number of hydrogen-bond donors (Lipinski definition) is 1. The molecule has 1 aliphatic heterocycles. The lowest BCUT2D eigenvalue weighted by Gasteiger charge is -2.20. The van der Waals surface area contributed by atoms with Crippen molar-refractivity contribution in [3.8, 4) is 5.75 Å². The molecule has 8 heteroatoms. The Balaban J connectivity index is 1.67. The molecule has 0 radical (unpaired) electrons. The van der Waals surface area contributed by atoms with Crippen LogP contribution in [-0.2, 0) is 9.59 Å². The number of furan rings is 1. The number of aryl methyl sites for hydroxylation is 2. The molecule has 5 rings (SSSR count). The highest BCUT2D eigenvalue weighted by molar-refractivity contribution is 7.22. The molecule has 1 N–H and O–H groups in total. The van der Waals surface area contributed by atoms with Gasteiger partial charge in [-0.2, -0.15) is 0 Å². The van der Waals surface area contributed by atoms with Crippen LogP contribution in [-0.4, -0.2) is 28.4 Å². The normalized spacial score (nSPS) is 17.5. The number of anilines is 1. The summed E-state index contributed by atoms with van der Waals surface area (Å²) in [6.45, 7) is 6.29. The Hall–Kier alpha value is -3.91. The van der Waals surface area contributed by atoms with Crippen molar-refractivity contribution in [1.82, 2.24) is 4.98 Å². The number of hydrogen-bond acceptors (Lipinski definition) is 7. The number of benzene rings is 2. The zero-order valence-corrected chi connectivity index (χ0v) is 20.4. The summed E-state index contributed by atoms with van der Waals surface area (Å²) < 4.78 is 12.4. The molecule has 1 aliphatic rings. The van der Waals surface area contributed by atoms with E-state index >= 15 is 0 Å². The summed E-state index contributed by atoms with van der Waals surface area (Å²) in [5, 5.41) is 11.7. The van der Waals surface area contributed by atoms with Crippen LogP contribution in [0.5, 0.6) is 5.75 Å². The number of nitrogens with zero attached hydrogens (tertiary/aromatic N) is 2. The van der Waals surface area contributed by atoms with E-state index in [1.807, 2.05) is 32.0 Å². The van der Waals surface area contributed by atoms with E-state index in [1.54, 1.807) is 43.3 Å². The van der Waals surface area contributed by atoms with Crippen molar-refractivity contribution < 1.29 is 23.8 Å². The minimum atomic E-state index is -0.953. The number of Topliss-reactive ketones (excluding diaryl/α,β-unsaturated/α-hetero) is 1. The topological polar surface area (TPSA) is 92.9 Å². The van der Waals surface area contributed by atoms with Crippen LogP contribution in [0.3, 0.4) is 0 Å². The Labute approximate surface area is 206 Å². The Bertz CT molecular complexity index is 1480. The lowest BCUT2D eigenvalue weighted by atomic mass is 9.99. The fourth-order valence-corrected chi connectivity index (χ4v) is 5.22. The first-order chi connectivity index (χ1) is 16.9. The van der Waals surface area contributed by atoms with Gasteiger partial charge in [-0.15, -0.1) is 0 Å². The minimum absolute atomic E-state index is 0.0487. The van der Waals surface area contributed by atoms with Gasteiger partial charge in [0.05, 0.1) is 22.4 Å². The summed E-state index contributed by atoms with van der Waals surface area (Å²) in [7, 11) is 0. The van der Waals surface area contributed by atoms with Gasteiger partial charge in [-0.3, -0.25) is 14.5 Å². The van der Waals surface area contributed by atoms with Crippen LogP contribution < -0.4 is 9.64 Å². The first kappa shape index (κ1) is 22.9. The zero-order valence-electron chi connectivity index (χ0n) is 19.6. The molecule has 35 heavy (non-hydrogen) atoms. The van der Waals surface area contributed by atoms with Gasteiger partial charge >= 0.3 is 5.91 Å².